The average Bonchev–Trinajstić information content (AvgIpc) is 2.87. The highest BCUT2D eigenvalue weighted by atomic mass is 79.9. The molecular weight excluding hydrogens is 344 g/mol. The molecule has 0 radical (unpaired) electrons. The Balaban J connectivity index is 2.30. The largest absolute Gasteiger partial charge is 0.369 e. The summed E-state index contributed by atoms with van der Waals surface area (Å²) >= 11 is 9.29. The maximum atomic E-state index is 11.7. The standard InChI is InChI=1S/C13H14BrClN4O/c1-2-19-7-17-6-11(19)12(13(16)20)18-8-3-4-10(15)9(14)5-8/h3-7,12,18H,2H2,1H3,(H2,16,20). The lowest BCUT2D eigenvalue weighted by atomic mass is 10.2. The molecule has 1 aromatic carbocycles. The van der Waals surface area contributed by atoms with E-state index >= 15 is 0 Å². The molecule has 5 nitrogen and oxygen atoms in total. The molecule has 0 aliphatic carbocycles. The molecule has 1 aromatic heterocycles. The first-order chi connectivity index (χ1) is 9.52. The second-order valence-corrected chi connectivity index (χ2v) is 5.47. The lowest BCUT2D eigenvalue weighted by Gasteiger charge is -2.18. The summed E-state index contributed by atoms with van der Waals surface area (Å²) in [5.41, 5.74) is 6.96. The van der Waals surface area contributed by atoms with Crippen molar-refractivity contribution in [1.29, 1.82) is 0 Å². The molecule has 2 rings (SSSR count). The van der Waals surface area contributed by atoms with Gasteiger partial charge in [-0.1, -0.05) is 11.6 Å². The molecule has 0 fully saturated rings. The Hall–Kier alpha value is -1.53. The van der Waals surface area contributed by atoms with Gasteiger partial charge < -0.3 is 15.6 Å². The molecule has 1 amide bonds. The average molecular weight is 358 g/mol. The SMILES string of the molecule is CCn1cncc1C(Nc1ccc(Cl)c(Br)c1)C(N)=O. The number of benzene rings is 1. The first kappa shape index (κ1) is 14.9. The Morgan fingerprint density at radius 1 is 1.60 bits per heavy atom. The third-order valence-corrected chi connectivity index (χ3v) is 4.11. The van der Waals surface area contributed by atoms with E-state index in [4.69, 9.17) is 17.3 Å². The molecule has 2 aromatic rings. The number of nitrogens with zero attached hydrogens (tertiary/aromatic N) is 2. The predicted molar refractivity (Wildman–Crippen MR) is 82.6 cm³/mol. The fraction of sp³-hybridized carbons (Fsp3) is 0.231. The molecule has 3 N–H and O–H groups in total. The van der Waals surface area contributed by atoms with Gasteiger partial charge in [-0.25, -0.2) is 4.98 Å². The van der Waals surface area contributed by atoms with Gasteiger partial charge in [0, 0.05) is 16.7 Å². The van der Waals surface area contributed by atoms with E-state index in [1.165, 1.54) is 0 Å². The van der Waals surface area contributed by atoms with Crippen LogP contribution in [-0.2, 0) is 11.3 Å². The van der Waals surface area contributed by atoms with E-state index in [9.17, 15) is 4.79 Å². The molecule has 106 valence electrons. The van der Waals surface area contributed by atoms with Gasteiger partial charge in [0.2, 0.25) is 5.91 Å². The Bertz CT molecular complexity index is 629. The van der Waals surface area contributed by atoms with Crippen molar-refractivity contribution in [3.8, 4) is 0 Å². The van der Waals surface area contributed by atoms with Crippen LogP contribution in [0.3, 0.4) is 0 Å². The van der Waals surface area contributed by atoms with Gasteiger partial charge in [-0.15, -0.1) is 0 Å². The Kier molecular flexibility index (Phi) is 4.67. The van der Waals surface area contributed by atoms with Crippen LogP contribution in [0.25, 0.3) is 0 Å². The molecule has 1 atom stereocenters. The Labute approximate surface area is 130 Å². The second-order valence-electron chi connectivity index (χ2n) is 4.21. The summed E-state index contributed by atoms with van der Waals surface area (Å²) < 4.78 is 2.62. The summed E-state index contributed by atoms with van der Waals surface area (Å²) in [6.07, 6.45) is 3.31. The number of primary amides is 1. The van der Waals surface area contributed by atoms with E-state index in [-0.39, 0.29) is 0 Å². The zero-order valence-corrected chi connectivity index (χ0v) is 13.1. The van der Waals surface area contributed by atoms with Crippen LogP contribution < -0.4 is 11.1 Å². The third kappa shape index (κ3) is 3.13. The smallest absolute Gasteiger partial charge is 0.246 e. The van der Waals surface area contributed by atoms with E-state index in [1.54, 1.807) is 30.7 Å². The van der Waals surface area contributed by atoms with E-state index in [0.717, 1.165) is 15.9 Å². The first-order valence-corrected chi connectivity index (χ1v) is 7.21. The minimum absolute atomic E-state index is 0.466. The van der Waals surface area contributed by atoms with Crippen LogP contribution in [0.5, 0.6) is 0 Å². The van der Waals surface area contributed by atoms with Gasteiger partial charge >= 0.3 is 0 Å². The summed E-state index contributed by atoms with van der Waals surface area (Å²) in [6, 6.07) is 4.68. The molecule has 0 aliphatic rings. The van der Waals surface area contributed by atoms with Crippen molar-refractivity contribution >= 4 is 39.1 Å². The monoisotopic (exact) mass is 356 g/mol. The molecule has 0 saturated heterocycles. The van der Waals surface area contributed by atoms with Crippen molar-refractivity contribution < 1.29 is 4.79 Å². The maximum absolute atomic E-state index is 11.7. The number of carbonyl (C=O) groups excluding carboxylic acids is 1. The van der Waals surface area contributed by atoms with Gasteiger partial charge in [0.05, 0.1) is 23.2 Å². The molecule has 0 bridgehead atoms. The molecule has 1 heterocycles. The van der Waals surface area contributed by atoms with Crippen molar-refractivity contribution in [3.05, 3.63) is 45.9 Å². The van der Waals surface area contributed by atoms with E-state index in [0.29, 0.717) is 11.6 Å². The van der Waals surface area contributed by atoms with Crippen LogP contribution in [0.15, 0.2) is 35.2 Å². The highest BCUT2D eigenvalue weighted by Crippen LogP contribution is 2.27. The van der Waals surface area contributed by atoms with Crippen molar-refractivity contribution in [3.63, 3.8) is 0 Å². The Morgan fingerprint density at radius 2 is 2.35 bits per heavy atom. The van der Waals surface area contributed by atoms with Gasteiger partial charge in [-0.2, -0.15) is 0 Å². The number of nitrogens with two attached hydrogens (primary N) is 1. The van der Waals surface area contributed by atoms with Crippen LogP contribution >= 0.6 is 27.5 Å². The van der Waals surface area contributed by atoms with Crippen LogP contribution in [0.4, 0.5) is 5.69 Å². The number of nitrogens with one attached hydrogen (secondary N) is 1. The number of imidazole rings is 1. The normalized spacial score (nSPS) is 12.2. The zero-order valence-electron chi connectivity index (χ0n) is 10.8. The quantitative estimate of drug-likeness (QED) is 0.864. The van der Waals surface area contributed by atoms with Crippen LogP contribution in [0, 0.1) is 0 Å². The molecule has 0 aliphatic heterocycles. The van der Waals surface area contributed by atoms with Gasteiger partial charge in [0.15, 0.2) is 0 Å². The number of carbonyl (C=O) groups is 1. The topological polar surface area (TPSA) is 72.9 Å². The molecule has 0 spiro atoms. The highest BCUT2D eigenvalue weighted by molar-refractivity contribution is 9.10. The molecular formula is C13H14BrClN4O. The summed E-state index contributed by atoms with van der Waals surface area (Å²) in [5, 5.41) is 3.70. The summed E-state index contributed by atoms with van der Waals surface area (Å²) in [4.78, 5) is 15.8. The number of rotatable bonds is 5. The number of hydrogen-bond donors (Lipinski definition) is 2. The number of aryl methyl sites for hydroxylation is 1. The van der Waals surface area contributed by atoms with Gasteiger partial charge in [0.25, 0.3) is 0 Å². The second kappa shape index (κ2) is 6.28. The molecule has 0 saturated carbocycles. The third-order valence-electron chi connectivity index (χ3n) is 2.90. The van der Waals surface area contributed by atoms with Crippen molar-refractivity contribution in [2.45, 2.75) is 19.5 Å². The lowest BCUT2D eigenvalue weighted by Crippen LogP contribution is -2.29. The van der Waals surface area contributed by atoms with Gasteiger partial charge in [-0.3, -0.25) is 4.79 Å². The number of amides is 1. The van der Waals surface area contributed by atoms with E-state index in [1.807, 2.05) is 11.5 Å². The van der Waals surface area contributed by atoms with Crippen LogP contribution in [0.1, 0.15) is 18.7 Å². The lowest BCUT2D eigenvalue weighted by molar-refractivity contribution is -0.119. The molecule has 7 heteroatoms. The summed E-state index contributed by atoms with van der Waals surface area (Å²) in [7, 11) is 0. The fourth-order valence-electron chi connectivity index (χ4n) is 1.88. The molecule has 20 heavy (non-hydrogen) atoms. The minimum Gasteiger partial charge on any atom is -0.369 e. The summed E-state index contributed by atoms with van der Waals surface area (Å²) in [5.74, 6) is -0.466. The maximum Gasteiger partial charge on any atom is 0.246 e. The van der Waals surface area contributed by atoms with Crippen LogP contribution in [0.2, 0.25) is 5.02 Å². The van der Waals surface area contributed by atoms with Crippen molar-refractivity contribution in [1.82, 2.24) is 9.55 Å². The highest BCUT2D eigenvalue weighted by Gasteiger charge is 2.21. The minimum atomic E-state index is -0.648. The van der Waals surface area contributed by atoms with Gasteiger partial charge in [-0.05, 0) is 41.1 Å². The zero-order chi connectivity index (χ0) is 14.7. The summed E-state index contributed by atoms with van der Waals surface area (Å²) in [6.45, 7) is 2.69. The van der Waals surface area contributed by atoms with Gasteiger partial charge in [0.1, 0.15) is 6.04 Å². The van der Waals surface area contributed by atoms with Crippen molar-refractivity contribution in [2.24, 2.45) is 5.73 Å². The number of aromatic nitrogens is 2. The van der Waals surface area contributed by atoms with Crippen molar-refractivity contribution in [2.75, 3.05) is 5.32 Å². The van der Waals surface area contributed by atoms with E-state index < -0.39 is 11.9 Å². The van der Waals surface area contributed by atoms with Crippen LogP contribution in [-0.4, -0.2) is 15.5 Å². The number of anilines is 1. The first-order valence-electron chi connectivity index (χ1n) is 6.04. The Morgan fingerprint density at radius 3 is 2.95 bits per heavy atom. The number of hydrogen-bond acceptors (Lipinski definition) is 3. The molecule has 1 unspecified atom stereocenters. The fourth-order valence-corrected chi connectivity index (χ4v) is 2.38. The van der Waals surface area contributed by atoms with E-state index in [2.05, 4.69) is 26.2 Å². The number of halogens is 2. The predicted octanol–water partition coefficient (Wildman–Crippen LogP) is 2.96.